The average Bonchev–Trinajstić information content (AvgIpc) is 3.61. The van der Waals surface area contributed by atoms with Gasteiger partial charge in [0.1, 0.15) is 24.4 Å². The van der Waals surface area contributed by atoms with Crippen molar-refractivity contribution in [3.8, 4) is 5.75 Å². The number of hydrogen-bond acceptors (Lipinski definition) is 10. The van der Waals surface area contributed by atoms with Crippen LogP contribution in [0.1, 0.15) is 112 Å². The fourth-order valence-corrected chi connectivity index (χ4v) is 7.12. The Hall–Kier alpha value is -3.65. The molecule has 4 unspecified atom stereocenters. The number of aryl methyl sites for hydroxylation is 1. The number of benzene rings is 1. The minimum Gasteiger partial charge on any atom is -0.497 e. The molecule has 4 amide bonds. The van der Waals surface area contributed by atoms with Crippen LogP contribution in [-0.2, 0) is 28.7 Å². The van der Waals surface area contributed by atoms with Crippen LogP contribution in [0.2, 0.25) is 0 Å². The molecule has 0 spiro atoms. The number of methoxy groups -OCH3 is 1. The van der Waals surface area contributed by atoms with Gasteiger partial charge in [-0.05, 0) is 68.9 Å². The van der Waals surface area contributed by atoms with Gasteiger partial charge in [0.05, 0.1) is 30.8 Å². The molecule has 0 aliphatic carbocycles. The molecule has 0 bridgehead atoms. The molecule has 0 saturated carbocycles. The number of amides is 4. The predicted molar refractivity (Wildman–Crippen MR) is 229 cm³/mol. The summed E-state index contributed by atoms with van der Waals surface area (Å²) in [5, 5.41) is 16.9. The molecule has 324 valence electrons. The molecule has 57 heavy (non-hydrogen) atoms. The van der Waals surface area contributed by atoms with Crippen molar-refractivity contribution < 1.29 is 38.6 Å². The molecule has 6 atom stereocenters. The zero-order valence-electron chi connectivity index (χ0n) is 36.8. The van der Waals surface area contributed by atoms with Gasteiger partial charge in [0.2, 0.25) is 23.6 Å². The van der Waals surface area contributed by atoms with Crippen LogP contribution < -0.4 is 15.4 Å². The van der Waals surface area contributed by atoms with E-state index in [1.807, 2.05) is 65.8 Å². The molecule has 3 N–H and O–H groups in total. The number of likely N-dealkylation sites (N-methyl/N-ethyl adjacent to an activating group) is 2. The maximum absolute atomic E-state index is 13.0. The number of aliphatic imine (C=N–C) groups is 1. The summed E-state index contributed by atoms with van der Waals surface area (Å²) in [6.45, 7) is 18.2. The highest BCUT2D eigenvalue weighted by atomic mass is 32.2. The molecule has 0 radical (unpaired) electrons. The van der Waals surface area contributed by atoms with E-state index >= 15 is 0 Å². The van der Waals surface area contributed by atoms with Crippen molar-refractivity contribution in [1.29, 1.82) is 0 Å². The molecule has 1 aliphatic rings. The lowest BCUT2D eigenvalue weighted by atomic mass is 9.82. The zero-order chi connectivity index (χ0) is 43.3. The summed E-state index contributed by atoms with van der Waals surface area (Å²) in [5.41, 5.74) is 0.944. The van der Waals surface area contributed by atoms with Crippen LogP contribution in [-0.4, -0.2) is 120 Å². The Balaban J connectivity index is 0.00000157. The lowest BCUT2D eigenvalue weighted by Crippen LogP contribution is -2.48. The van der Waals surface area contributed by atoms with E-state index in [1.165, 1.54) is 24.6 Å². The highest BCUT2D eigenvalue weighted by Crippen LogP contribution is 2.31. The summed E-state index contributed by atoms with van der Waals surface area (Å²) in [6.07, 6.45) is 3.39. The third-order valence-electron chi connectivity index (χ3n) is 10.1. The molecule has 1 heterocycles. The van der Waals surface area contributed by atoms with E-state index in [-0.39, 0.29) is 72.5 Å². The van der Waals surface area contributed by atoms with E-state index in [9.17, 15) is 29.1 Å². The van der Waals surface area contributed by atoms with Gasteiger partial charge in [-0.15, -0.1) is 11.8 Å². The molecule has 1 aromatic rings. The first-order valence-electron chi connectivity index (χ1n) is 20.4. The number of carbonyl (C=O) groups excluding carboxylic acids is 5. The van der Waals surface area contributed by atoms with Crippen LogP contribution in [0.5, 0.6) is 5.75 Å². The average molecular weight is 820 g/mol. The predicted octanol–water partition coefficient (Wildman–Crippen LogP) is 5.79. The highest BCUT2D eigenvalue weighted by molar-refractivity contribution is 8.14. The topological polar surface area (TPSA) is 167 Å². The fourth-order valence-electron chi connectivity index (χ4n) is 5.96. The summed E-state index contributed by atoms with van der Waals surface area (Å²) >= 11 is 1.59. The molecule has 0 aromatic heterocycles. The number of nitrogens with zero attached hydrogens (tertiary/aromatic N) is 3. The Morgan fingerprint density at radius 3 is 2.23 bits per heavy atom. The number of hydrogen-bond donors (Lipinski definition) is 3. The number of rotatable bonds is 22. The third kappa shape index (κ3) is 20.6. The maximum Gasteiger partial charge on any atom is 0.325 e. The van der Waals surface area contributed by atoms with Gasteiger partial charge in [0, 0.05) is 45.7 Å². The van der Waals surface area contributed by atoms with Gasteiger partial charge in [0.15, 0.2) is 0 Å². The first kappa shape index (κ1) is 51.4. The lowest BCUT2D eigenvalue weighted by molar-refractivity contribution is -0.160. The van der Waals surface area contributed by atoms with Crippen LogP contribution in [0.4, 0.5) is 0 Å². The largest absolute Gasteiger partial charge is 0.497 e. The summed E-state index contributed by atoms with van der Waals surface area (Å²) < 4.78 is 10.9. The highest BCUT2D eigenvalue weighted by Gasteiger charge is 2.32. The summed E-state index contributed by atoms with van der Waals surface area (Å²) in [7, 11) is 4.70. The van der Waals surface area contributed by atoms with Gasteiger partial charge < -0.3 is 35.0 Å². The van der Waals surface area contributed by atoms with Crippen molar-refractivity contribution in [2.45, 2.75) is 138 Å². The van der Waals surface area contributed by atoms with Gasteiger partial charge >= 0.3 is 5.97 Å². The quantitative estimate of drug-likeness (QED) is 0.123. The van der Waals surface area contributed by atoms with Crippen LogP contribution in [0.3, 0.4) is 0 Å². The molecule has 14 heteroatoms. The van der Waals surface area contributed by atoms with Gasteiger partial charge in [0.25, 0.3) is 0 Å². The van der Waals surface area contributed by atoms with E-state index in [0.29, 0.717) is 38.6 Å². The molecule has 0 saturated heterocycles. The SMILES string of the molecule is CCCN(CC(=O)OC(C[C@@H](C)CC(O)CC1=NC(CCC(=O)NCC(=O)N(C)[C@@H](C)C(=O)NC)CS1)C(C)(C)C)C(=O)CC(C)CC.COc1ccc(C)cc1. The van der Waals surface area contributed by atoms with Crippen molar-refractivity contribution in [3.63, 3.8) is 0 Å². The van der Waals surface area contributed by atoms with Crippen LogP contribution in [0.15, 0.2) is 29.3 Å². The van der Waals surface area contributed by atoms with Gasteiger partial charge in [-0.1, -0.05) is 72.6 Å². The van der Waals surface area contributed by atoms with Crippen molar-refractivity contribution in [2.24, 2.45) is 22.2 Å². The van der Waals surface area contributed by atoms with Crippen LogP contribution in [0, 0.1) is 24.2 Å². The van der Waals surface area contributed by atoms with E-state index < -0.39 is 18.1 Å². The van der Waals surface area contributed by atoms with Crippen molar-refractivity contribution in [2.75, 3.05) is 46.6 Å². The normalized spacial score (nSPS) is 16.4. The van der Waals surface area contributed by atoms with Gasteiger partial charge in [-0.25, -0.2) is 0 Å². The first-order chi connectivity index (χ1) is 26.7. The number of thioether (sulfide) groups is 1. The fraction of sp³-hybridized carbons (Fsp3) is 0.721. The van der Waals surface area contributed by atoms with Gasteiger partial charge in [-0.3, -0.25) is 29.0 Å². The monoisotopic (exact) mass is 820 g/mol. The lowest BCUT2D eigenvalue weighted by Gasteiger charge is -2.33. The van der Waals surface area contributed by atoms with E-state index in [0.717, 1.165) is 29.4 Å². The summed E-state index contributed by atoms with van der Waals surface area (Å²) in [5.74, 6) is 0.672. The maximum atomic E-state index is 13.0. The standard InChI is InChI=1S/C35H63N5O7S.C8H10O/c1-11-15-40(31(43)18-23(3)12-2)21-33(45)47-28(35(6,7)8)17-24(4)16-27(41)19-30-38-26(22-48-30)13-14-29(42)37-20-32(44)39(10)25(5)34(46)36-9;1-7-3-5-8(9-2)6-4-7/h23-28,41H,11-22H2,1-10H3,(H,36,46)(H,37,42);3-6H,1-2H3/t23?,24-,25-,26?,27?,28?;/m0./s1. The Labute approximate surface area is 346 Å². The number of ether oxygens (including phenoxy) is 2. The number of carbonyl (C=O) groups is 5. The second-order valence-electron chi connectivity index (χ2n) is 16.4. The van der Waals surface area contributed by atoms with Crippen LogP contribution >= 0.6 is 11.8 Å². The number of nitrogens with one attached hydrogen (secondary N) is 2. The number of esters is 1. The van der Waals surface area contributed by atoms with E-state index in [2.05, 4.69) is 24.5 Å². The molecule has 1 aromatic carbocycles. The molecule has 13 nitrogen and oxygen atoms in total. The molecular formula is C43H73N5O8S. The Morgan fingerprint density at radius 2 is 1.67 bits per heavy atom. The zero-order valence-corrected chi connectivity index (χ0v) is 37.6. The van der Waals surface area contributed by atoms with Crippen LogP contribution in [0.25, 0.3) is 0 Å². The van der Waals surface area contributed by atoms with Crippen molar-refractivity contribution in [1.82, 2.24) is 20.4 Å². The molecular weight excluding hydrogens is 747 g/mol. The Bertz CT molecular complexity index is 1430. The van der Waals surface area contributed by atoms with Crippen molar-refractivity contribution >= 4 is 46.4 Å². The Kier molecular flexibility index (Phi) is 23.8. The van der Waals surface area contributed by atoms with Crippen molar-refractivity contribution in [3.05, 3.63) is 29.8 Å². The van der Waals surface area contributed by atoms with E-state index in [4.69, 9.17) is 14.5 Å². The number of aliphatic hydroxyl groups is 1. The minimum atomic E-state index is -0.637. The summed E-state index contributed by atoms with van der Waals surface area (Å²) in [4.78, 5) is 69.9. The van der Waals surface area contributed by atoms with Gasteiger partial charge in [-0.2, -0.15) is 0 Å². The minimum absolute atomic E-state index is 0.0182. The first-order valence-corrected chi connectivity index (χ1v) is 21.4. The summed E-state index contributed by atoms with van der Waals surface area (Å²) in [6, 6.07) is 7.28. The smallest absolute Gasteiger partial charge is 0.325 e. The Morgan fingerprint density at radius 1 is 1.02 bits per heavy atom. The number of aliphatic hydroxyl groups excluding tert-OH is 1. The second-order valence-corrected chi connectivity index (χ2v) is 17.5. The second kappa shape index (κ2) is 26.4. The third-order valence-corrected chi connectivity index (χ3v) is 11.3. The molecule has 2 rings (SSSR count). The van der Waals surface area contributed by atoms with E-state index in [1.54, 1.807) is 30.7 Å². The molecule has 0 fully saturated rings. The molecule has 1 aliphatic heterocycles.